The van der Waals surface area contributed by atoms with Gasteiger partial charge in [0.05, 0.1) is 5.69 Å². The minimum atomic E-state index is -0.907. The highest BCUT2D eigenvalue weighted by molar-refractivity contribution is 6.03. The van der Waals surface area contributed by atoms with E-state index in [0.29, 0.717) is 6.07 Å². The van der Waals surface area contributed by atoms with Crippen LogP contribution < -0.4 is 10.7 Å². The molecule has 0 saturated heterocycles. The molecule has 1 aromatic heterocycles. The summed E-state index contributed by atoms with van der Waals surface area (Å²) in [5, 5.41) is 2.19. The van der Waals surface area contributed by atoms with E-state index in [1.54, 1.807) is 0 Å². The van der Waals surface area contributed by atoms with Crippen molar-refractivity contribution >= 4 is 11.6 Å². The van der Waals surface area contributed by atoms with Crippen LogP contribution in [0.3, 0.4) is 0 Å². The van der Waals surface area contributed by atoms with E-state index >= 15 is 0 Å². The molecule has 0 bridgehead atoms. The fourth-order valence-electron chi connectivity index (χ4n) is 1.37. The maximum absolute atomic E-state index is 13.3. The number of carbonyl (C=O) groups excluding carboxylic acids is 1. The molecule has 0 unspecified atom stereocenters. The highest BCUT2D eigenvalue weighted by Gasteiger charge is 2.12. The van der Waals surface area contributed by atoms with Crippen LogP contribution in [0.2, 0.25) is 0 Å². The van der Waals surface area contributed by atoms with Gasteiger partial charge in [-0.1, -0.05) is 0 Å². The van der Waals surface area contributed by atoms with Crippen LogP contribution in [0.1, 0.15) is 10.4 Å². The Balaban J connectivity index is 2.27. The van der Waals surface area contributed by atoms with Crippen LogP contribution in [0.5, 0.6) is 0 Å². The lowest BCUT2D eigenvalue weighted by molar-refractivity contribution is 0.102. The molecule has 0 aliphatic heterocycles. The molecule has 2 aromatic rings. The standard InChI is InChI=1S/C12H8F2N2O2/c13-7-1-2-10(9(14)5-7)16-12(18)8-6-15-4-3-11(8)17/h1-6H,(H,15,17)(H,16,18). The second-order valence-electron chi connectivity index (χ2n) is 3.50. The van der Waals surface area contributed by atoms with E-state index in [4.69, 9.17) is 0 Å². The van der Waals surface area contributed by atoms with E-state index in [0.717, 1.165) is 12.1 Å². The summed E-state index contributed by atoms with van der Waals surface area (Å²) in [5.41, 5.74) is -0.834. The number of hydrogen-bond acceptors (Lipinski definition) is 2. The number of amides is 1. The normalized spacial score (nSPS) is 10.1. The van der Waals surface area contributed by atoms with Crippen LogP contribution in [0.25, 0.3) is 0 Å². The molecule has 1 aromatic carbocycles. The van der Waals surface area contributed by atoms with Crippen molar-refractivity contribution in [1.82, 2.24) is 4.98 Å². The predicted molar refractivity (Wildman–Crippen MR) is 61.4 cm³/mol. The van der Waals surface area contributed by atoms with Gasteiger partial charge >= 0.3 is 0 Å². The van der Waals surface area contributed by atoms with Crippen LogP contribution in [0.4, 0.5) is 14.5 Å². The molecule has 1 heterocycles. The van der Waals surface area contributed by atoms with E-state index in [1.807, 2.05) is 0 Å². The third kappa shape index (κ3) is 2.42. The van der Waals surface area contributed by atoms with Crippen molar-refractivity contribution in [3.63, 3.8) is 0 Å². The summed E-state index contributed by atoms with van der Waals surface area (Å²) in [6.45, 7) is 0. The number of carbonyl (C=O) groups is 1. The van der Waals surface area contributed by atoms with Gasteiger partial charge in [0.1, 0.15) is 17.2 Å². The van der Waals surface area contributed by atoms with E-state index in [1.165, 1.54) is 18.5 Å². The van der Waals surface area contributed by atoms with Gasteiger partial charge in [0.15, 0.2) is 5.43 Å². The number of halogens is 2. The second-order valence-corrected chi connectivity index (χ2v) is 3.50. The molecular formula is C12H8F2N2O2. The van der Waals surface area contributed by atoms with Crippen molar-refractivity contribution in [2.75, 3.05) is 5.32 Å². The number of pyridine rings is 1. The second kappa shape index (κ2) is 4.79. The Hall–Kier alpha value is -2.50. The number of benzene rings is 1. The van der Waals surface area contributed by atoms with Gasteiger partial charge in [-0.3, -0.25) is 9.59 Å². The lowest BCUT2D eigenvalue weighted by Crippen LogP contribution is -2.21. The highest BCUT2D eigenvalue weighted by atomic mass is 19.1. The lowest BCUT2D eigenvalue weighted by Gasteiger charge is -2.05. The number of nitrogens with one attached hydrogen (secondary N) is 2. The Morgan fingerprint density at radius 1 is 1.22 bits per heavy atom. The van der Waals surface area contributed by atoms with Gasteiger partial charge in [-0.25, -0.2) is 8.78 Å². The van der Waals surface area contributed by atoms with Gasteiger partial charge in [0.2, 0.25) is 0 Å². The lowest BCUT2D eigenvalue weighted by atomic mass is 10.2. The average molecular weight is 250 g/mol. The number of anilines is 1. The van der Waals surface area contributed by atoms with E-state index in [9.17, 15) is 18.4 Å². The Bertz CT molecular complexity index is 653. The monoisotopic (exact) mass is 250 g/mol. The summed E-state index contributed by atoms with van der Waals surface area (Å²) in [4.78, 5) is 25.6. The molecular weight excluding hydrogens is 242 g/mol. The minimum absolute atomic E-state index is 0.152. The SMILES string of the molecule is O=C(Nc1ccc(F)cc1F)c1c[nH]ccc1=O. The van der Waals surface area contributed by atoms with Crippen LogP contribution in [-0.2, 0) is 0 Å². The van der Waals surface area contributed by atoms with Gasteiger partial charge < -0.3 is 10.3 Å². The first-order valence-electron chi connectivity index (χ1n) is 5.01. The van der Waals surface area contributed by atoms with E-state index < -0.39 is 23.0 Å². The predicted octanol–water partition coefficient (Wildman–Crippen LogP) is 1.91. The summed E-state index contributed by atoms with van der Waals surface area (Å²) < 4.78 is 26.0. The third-order valence-corrected chi connectivity index (χ3v) is 2.25. The molecule has 0 atom stereocenters. The zero-order valence-corrected chi connectivity index (χ0v) is 9.04. The molecule has 1 amide bonds. The smallest absolute Gasteiger partial charge is 0.261 e. The fraction of sp³-hybridized carbons (Fsp3) is 0. The Kier molecular flexibility index (Phi) is 3.18. The van der Waals surface area contributed by atoms with Crippen molar-refractivity contribution in [1.29, 1.82) is 0 Å². The molecule has 2 rings (SSSR count). The molecule has 2 N–H and O–H groups in total. The molecule has 0 fully saturated rings. The molecule has 0 radical (unpaired) electrons. The molecule has 0 spiro atoms. The maximum Gasteiger partial charge on any atom is 0.261 e. The quantitative estimate of drug-likeness (QED) is 0.855. The molecule has 6 heteroatoms. The summed E-state index contributed by atoms with van der Waals surface area (Å²) >= 11 is 0. The fourth-order valence-corrected chi connectivity index (χ4v) is 1.37. The van der Waals surface area contributed by atoms with Crippen LogP contribution in [0.15, 0.2) is 41.5 Å². The van der Waals surface area contributed by atoms with Crippen molar-refractivity contribution in [2.24, 2.45) is 0 Å². The number of aromatic amines is 1. The topological polar surface area (TPSA) is 62.0 Å². The number of H-pyrrole nitrogens is 1. The van der Waals surface area contributed by atoms with Crippen molar-refractivity contribution < 1.29 is 13.6 Å². The molecule has 0 aliphatic rings. The summed E-state index contributed by atoms with van der Waals surface area (Å²) in [6.07, 6.45) is 2.58. The van der Waals surface area contributed by atoms with E-state index in [-0.39, 0.29) is 11.3 Å². The van der Waals surface area contributed by atoms with Gasteiger partial charge in [-0.2, -0.15) is 0 Å². The van der Waals surface area contributed by atoms with Crippen LogP contribution in [0, 0.1) is 11.6 Å². The summed E-state index contributed by atoms with van der Waals surface area (Å²) in [5.74, 6) is -2.42. The largest absolute Gasteiger partial charge is 0.367 e. The van der Waals surface area contributed by atoms with Crippen molar-refractivity contribution in [2.45, 2.75) is 0 Å². The van der Waals surface area contributed by atoms with Crippen molar-refractivity contribution in [3.05, 3.63) is 64.1 Å². The van der Waals surface area contributed by atoms with Crippen molar-refractivity contribution in [3.8, 4) is 0 Å². The number of aromatic nitrogens is 1. The first kappa shape index (κ1) is 12.0. The zero-order chi connectivity index (χ0) is 13.1. The first-order chi connectivity index (χ1) is 8.58. The maximum atomic E-state index is 13.3. The molecule has 0 saturated carbocycles. The zero-order valence-electron chi connectivity index (χ0n) is 9.04. The molecule has 18 heavy (non-hydrogen) atoms. The summed E-state index contributed by atoms with van der Waals surface area (Å²) in [7, 11) is 0. The molecule has 4 nitrogen and oxygen atoms in total. The number of rotatable bonds is 2. The Labute approximate surface area is 100 Å². The van der Waals surface area contributed by atoms with Gasteiger partial charge in [0, 0.05) is 24.5 Å². The third-order valence-electron chi connectivity index (χ3n) is 2.25. The minimum Gasteiger partial charge on any atom is -0.367 e. The van der Waals surface area contributed by atoms with E-state index in [2.05, 4.69) is 10.3 Å². The van der Waals surface area contributed by atoms with Gasteiger partial charge in [-0.15, -0.1) is 0 Å². The van der Waals surface area contributed by atoms with Gasteiger partial charge in [0.25, 0.3) is 5.91 Å². The average Bonchev–Trinajstić information content (AvgIpc) is 2.33. The summed E-state index contributed by atoms with van der Waals surface area (Å²) in [6, 6.07) is 3.91. The highest BCUT2D eigenvalue weighted by Crippen LogP contribution is 2.15. The van der Waals surface area contributed by atoms with Gasteiger partial charge in [-0.05, 0) is 12.1 Å². The van der Waals surface area contributed by atoms with Crippen LogP contribution in [-0.4, -0.2) is 10.9 Å². The molecule has 92 valence electrons. The molecule has 0 aliphatic carbocycles. The van der Waals surface area contributed by atoms with Crippen LogP contribution >= 0.6 is 0 Å². The number of hydrogen-bond donors (Lipinski definition) is 2. The first-order valence-corrected chi connectivity index (χ1v) is 5.01. The Morgan fingerprint density at radius 3 is 2.67 bits per heavy atom. The Morgan fingerprint density at radius 2 is 2.00 bits per heavy atom.